The van der Waals surface area contributed by atoms with Gasteiger partial charge in [-0.25, -0.2) is 4.79 Å². The van der Waals surface area contributed by atoms with Crippen molar-refractivity contribution in [2.24, 2.45) is 5.73 Å². The largest absolute Gasteiger partial charge is 0.480 e. The molecule has 0 radical (unpaired) electrons. The van der Waals surface area contributed by atoms with Crippen LogP contribution < -0.4 is 16.4 Å². The maximum absolute atomic E-state index is 11.9. The third-order valence-electron chi connectivity index (χ3n) is 5.35. The molecular formula is C26H47N3O10. The van der Waals surface area contributed by atoms with Crippen molar-refractivity contribution in [1.29, 1.82) is 0 Å². The lowest BCUT2D eigenvalue weighted by Gasteiger charge is -2.12. The number of hydrogen-bond acceptors (Lipinski definition) is 10. The van der Waals surface area contributed by atoms with E-state index in [4.69, 9.17) is 29.8 Å². The maximum atomic E-state index is 11.9. The maximum Gasteiger partial charge on any atom is 0.326 e. The van der Waals surface area contributed by atoms with Gasteiger partial charge in [0.25, 0.3) is 0 Å². The highest BCUT2D eigenvalue weighted by Gasteiger charge is 2.19. The number of Topliss-reactive ketones (excluding diaryl/α,β-unsaturated/α-hetero) is 2. The molecule has 0 fully saturated rings. The molecule has 0 aliphatic carbocycles. The number of carboxylic acids is 1. The van der Waals surface area contributed by atoms with Crippen LogP contribution in [-0.2, 0) is 42.9 Å². The summed E-state index contributed by atoms with van der Waals surface area (Å²) in [6, 6.07) is -1.07. The third kappa shape index (κ3) is 25.6. The fourth-order valence-corrected chi connectivity index (χ4v) is 3.30. The molecule has 0 saturated carbocycles. The summed E-state index contributed by atoms with van der Waals surface area (Å²) < 4.78 is 21.2. The molecule has 1 atom stereocenters. The highest BCUT2D eigenvalue weighted by molar-refractivity contribution is 5.83. The van der Waals surface area contributed by atoms with E-state index in [2.05, 4.69) is 10.6 Å². The van der Waals surface area contributed by atoms with Crippen molar-refractivity contribution in [3.8, 4) is 0 Å². The van der Waals surface area contributed by atoms with Crippen LogP contribution in [-0.4, -0.2) is 106 Å². The topological polar surface area (TPSA) is 193 Å². The van der Waals surface area contributed by atoms with Crippen LogP contribution in [0.2, 0.25) is 0 Å². The van der Waals surface area contributed by atoms with Crippen LogP contribution >= 0.6 is 0 Å². The van der Waals surface area contributed by atoms with E-state index in [0.717, 1.165) is 25.7 Å². The number of nitrogens with one attached hydrogen (secondary N) is 2. The number of carbonyl (C=O) groups excluding carboxylic acids is 4. The average molecular weight is 562 g/mol. The van der Waals surface area contributed by atoms with Crippen molar-refractivity contribution in [3.05, 3.63) is 0 Å². The monoisotopic (exact) mass is 561 g/mol. The molecular weight excluding hydrogens is 514 g/mol. The number of ether oxygens (including phenoxy) is 4. The Kier molecular flexibility index (Phi) is 24.2. The van der Waals surface area contributed by atoms with Crippen LogP contribution in [0.1, 0.15) is 64.7 Å². The van der Waals surface area contributed by atoms with E-state index in [1.54, 1.807) is 0 Å². The molecule has 0 aliphatic rings. The molecule has 5 N–H and O–H groups in total. The van der Waals surface area contributed by atoms with Gasteiger partial charge in [0, 0.05) is 39.3 Å². The second kappa shape index (κ2) is 25.8. The Morgan fingerprint density at radius 3 is 2.00 bits per heavy atom. The minimum atomic E-state index is -1.17. The average Bonchev–Trinajstić information content (AvgIpc) is 2.89. The molecule has 2 amide bonds. The lowest BCUT2D eigenvalue weighted by molar-refractivity contribution is -0.141. The number of ketones is 2. The standard InChI is InChI=1S/C26H47N3O10/c1-21(30)29-24(26(34)35)10-9-22(31)8-6-13-36-15-18-39-20-25(33)28-12-14-37-16-17-38-19-23(32)7-4-2-3-5-11-27/h24H,2-20,27H2,1H3,(H,28,33)(H,29,30)(H,34,35)/t24-/m0/s1. The summed E-state index contributed by atoms with van der Waals surface area (Å²) >= 11 is 0. The third-order valence-corrected chi connectivity index (χ3v) is 5.35. The molecule has 0 spiro atoms. The van der Waals surface area contributed by atoms with Gasteiger partial charge in [-0.05, 0) is 32.2 Å². The Bertz CT molecular complexity index is 705. The van der Waals surface area contributed by atoms with Crippen molar-refractivity contribution in [1.82, 2.24) is 10.6 Å². The number of hydrogen-bond donors (Lipinski definition) is 4. The first-order valence-electron chi connectivity index (χ1n) is 13.6. The number of carboxylic acid groups (broad SMARTS) is 1. The molecule has 0 unspecified atom stereocenters. The predicted molar refractivity (Wildman–Crippen MR) is 142 cm³/mol. The minimum Gasteiger partial charge on any atom is -0.480 e. The van der Waals surface area contributed by atoms with Gasteiger partial charge in [0.1, 0.15) is 25.0 Å². The van der Waals surface area contributed by atoms with Gasteiger partial charge < -0.3 is 40.4 Å². The Labute approximate surface area is 230 Å². The van der Waals surface area contributed by atoms with Gasteiger partial charge in [0.2, 0.25) is 11.8 Å². The van der Waals surface area contributed by atoms with E-state index in [-0.39, 0.29) is 63.2 Å². The van der Waals surface area contributed by atoms with Gasteiger partial charge in [-0.1, -0.05) is 12.8 Å². The number of rotatable bonds is 28. The molecule has 39 heavy (non-hydrogen) atoms. The molecule has 0 aromatic heterocycles. The fraction of sp³-hybridized carbons (Fsp3) is 0.808. The summed E-state index contributed by atoms with van der Waals surface area (Å²) in [5.74, 6) is -1.93. The van der Waals surface area contributed by atoms with Gasteiger partial charge in [0.05, 0.1) is 33.0 Å². The van der Waals surface area contributed by atoms with Gasteiger partial charge >= 0.3 is 5.97 Å². The van der Waals surface area contributed by atoms with Crippen molar-refractivity contribution in [2.45, 2.75) is 70.8 Å². The van der Waals surface area contributed by atoms with E-state index in [1.165, 1.54) is 6.92 Å². The number of nitrogens with two attached hydrogens (primary N) is 1. The van der Waals surface area contributed by atoms with E-state index in [1.807, 2.05) is 0 Å². The molecule has 0 saturated heterocycles. The van der Waals surface area contributed by atoms with Crippen LogP contribution in [0.3, 0.4) is 0 Å². The summed E-state index contributed by atoms with van der Waals surface area (Å²) in [4.78, 5) is 57.3. The van der Waals surface area contributed by atoms with Crippen LogP contribution in [0.15, 0.2) is 0 Å². The minimum absolute atomic E-state index is 0.0456. The van der Waals surface area contributed by atoms with Crippen molar-refractivity contribution in [3.63, 3.8) is 0 Å². The summed E-state index contributed by atoms with van der Waals surface area (Å²) in [5.41, 5.74) is 5.43. The summed E-state index contributed by atoms with van der Waals surface area (Å²) in [6.45, 7) is 4.00. The SMILES string of the molecule is CC(=O)N[C@@H](CCC(=O)CCCOCCOCC(=O)NCCOCCOCC(=O)CCCCCCN)C(=O)O. The smallest absolute Gasteiger partial charge is 0.326 e. The molecule has 0 heterocycles. The summed E-state index contributed by atoms with van der Waals surface area (Å²) in [6.07, 6.45) is 5.26. The zero-order valence-corrected chi connectivity index (χ0v) is 23.2. The second-order valence-electron chi connectivity index (χ2n) is 8.94. The summed E-state index contributed by atoms with van der Waals surface area (Å²) in [5, 5.41) is 14.0. The Balaban J connectivity index is 3.48. The molecule has 13 nitrogen and oxygen atoms in total. The van der Waals surface area contributed by atoms with Crippen molar-refractivity contribution >= 4 is 29.4 Å². The molecule has 0 aliphatic heterocycles. The first-order chi connectivity index (χ1) is 18.8. The van der Waals surface area contributed by atoms with Crippen molar-refractivity contribution < 1.29 is 48.0 Å². The first kappa shape index (κ1) is 36.5. The molecule has 13 heteroatoms. The Morgan fingerprint density at radius 1 is 0.718 bits per heavy atom. The summed E-state index contributed by atoms with van der Waals surface area (Å²) in [7, 11) is 0. The van der Waals surface area contributed by atoms with Gasteiger partial charge in [0.15, 0.2) is 5.78 Å². The quantitative estimate of drug-likeness (QED) is 0.0964. The van der Waals surface area contributed by atoms with E-state index in [0.29, 0.717) is 52.4 Å². The number of aliphatic carboxylic acids is 1. The van der Waals surface area contributed by atoms with Crippen LogP contribution in [0.5, 0.6) is 0 Å². The molecule has 0 aromatic rings. The number of amides is 2. The zero-order valence-electron chi connectivity index (χ0n) is 23.2. The zero-order chi connectivity index (χ0) is 29.1. The van der Waals surface area contributed by atoms with Gasteiger partial charge in [-0.3, -0.25) is 19.2 Å². The fourth-order valence-electron chi connectivity index (χ4n) is 3.30. The lowest BCUT2D eigenvalue weighted by Crippen LogP contribution is -2.39. The highest BCUT2D eigenvalue weighted by Crippen LogP contribution is 2.04. The van der Waals surface area contributed by atoms with Gasteiger partial charge in [-0.15, -0.1) is 0 Å². The van der Waals surface area contributed by atoms with Crippen LogP contribution in [0, 0.1) is 0 Å². The molecule has 0 rings (SSSR count). The first-order valence-corrected chi connectivity index (χ1v) is 13.6. The van der Waals surface area contributed by atoms with Crippen LogP contribution in [0.25, 0.3) is 0 Å². The van der Waals surface area contributed by atoms with E-state index in [9.17, 15) is 24.0 Å². The van der Waals surface area contributed by atoms with Gasteiger partial charge in [-0.2, -0.15) is 0 Å². The molecule has 0 aromatic carbocycles. The normalized spacial score (nSPS) is 11.6. The Morgan fingerprint density at radius 2 is 1.33 bits per heavy atom. The predicted octanol–water partition coefficient (Wildman–Crippen LogP) is 0.366. The Hall–Kier alpha value is -2.45. The highest BCUT2D eigenvalue weighted by atomic mass is 16.5. The van der Waals surface area contributed by atoms with Crippen LogP contribution in [0.4, 0.5) is 0 Å². The number of carbonyl (C=O) groups is 5. The lowest BCUT2D eigenvalue weighted by atomic mass is 10.1. The van der Waals surface area contributed by atoms with E-state index >= 15 is 0 Å². The number of unbranched alkanes of at least 4 members (excludes halogenated alkanes) is 3. The second-order valence-corrected chi connectivity index (χ2v) is 8.94. The molecule has 0 bridgehead atoms. The van der Waals surface area contributed by atoms with E-state index < -0.39 is 17.9 Å². The van der Waals surface area contributed by atoms with Crippen molar-refractivity contribution in [2.75, 3.05) is 65.9 Å². The molecule has 226 valence electrons.